The Kier molecular flexibility index (Phi) is 6.81. The number of carbonyl (C=O) groups is 1. The largest absolute Gasteiger partial charge is 0.337 e. The fourth-order valence-electron chi connectivity index (χ4n) is 3.21. The smallest absolute Gasteiger partial charge is 0.262 e. The average molecular weight is 435 g/mol. The molecule has 7 heteroatoms. The van der Waals surface area contributed by atoms with Crippen LogP contribution in [0.3, 0.4) is 0 Å². The molecule has 6 nitrogen and oxygen atoms in total. The van der Waals surface area contributed by atoms with Crippen LogP contribution in [0.15, 0.2) is 64.5 Å². The number of rotatable bonds is 7. The molecule has 3 aromatic rings. The molecule has 0 unspecified atom stereocenters. The first-order chi connectivity index (χ1) is 14.8. The van der Waals surface area contributed by atoms with Gasteiger partial charge in [0.25, 0.3) is 5.56 Å². The van der Waals surface area contributed by atoms with Crippen LogP contribution in [0.2, 0.25) is 0 Å². The van der Waals surface area contributed by atoms with Crippen LogP contribution >= 0.6 is 11.8 Å². The first-order valence-corrected chi connectivity index (χ1v) is 11.2. The van der Waals surface area contributed by atoms with Crippen molar-refractivity contribution in [3.63, 3.8) is 0 Å². The average Bonchev–Trinajstić information content (AvgIpc) is 2.77. The Hall–Kier alpha value is -3.11. The highest BCUT2D eigenvalue weighted by Crippen LogP contribution is 2.25. The maximum absolute atomic E-state index is 13.3. The van der Waals surface area contributed by atoms with E-state index in [4.69, 9.17) is 0 Å². The Morgan fingerprint density at radius 3 is 2.45 bits per heavy atom. The molecule has 160 valence electrons. The van der Waals surface area contributed by atoms with Gasteiger partial charge in [-0.1, -0.05) is 68.1 Å². The van der Waals surface area contributed by atoms with Gasteiger partial charge in [-0.25, -0.2) is 4.98 Å². The highest BCUT2D eigenvalue weighted by Gasteiger charge is 2.30. The Labute approximate surface area is 186 Å². The highest BCUT2D eigenvalue weighted by molar-refractivity contribution is 7.99. The maximum atomic E-state index is 13.3. The van der Waals surface area contributed by atoms with E-state index in [1.165, 1.54) is 11.8 Å². The third kappa shape index (κ3) is 4.80. The van der Waals surface area contributed by atoms with Crippen LogP contribution in [0.1, 0.15) is 39.3 Å². The van der Waals surface area contributed by atoms with E-state index in [0.29, 0.717) is 16.1 Å². The third-order valence-electron chi connectivity index (χ3n) is 5.56. The van der Waals surface area contributed by atoms with Gasteiger partial charge in [-0.3, -0.25) is 14.2 Å². The number of fused-ring (bicyclic) bond motifs is 1. The number of para-hydroxylation sites is 1. The molecule has 0 radical (unpaired) electrons. The Balaban J connectivity index is 1.97. The summed E-state index contributed by atoms with van der Waals surface area (Å²) in [4.78, 5) is 30.6. The standard InChI is InChI=1S/C24H26N4O2S/c1-16(2)24(4,15-25)27-21(29)14-31-23-26-20-13-9-8-12-19(20)22(30)28(23)17(3)18-10-6-5-7-11-18/h5-13,16-17H,14H2,1-4H3,(H,27,29)/t17-,24-/m0/s1. The lowest BCUT2D eigenvalue weighted by molar-refractivity contribution is -0.120. The lowest BCUT2D eigenvalue weighted by Crippen LogP contribution is -2.49. The number of thioether (sulfide) groups is 1. The van der Waals surface area contributed by atoms with Crippen molar-refractivity contribution in [1.82, 2.24) is 14.9 Å². The molecule has 0 aliphatic rings. The van der Waals surface area contributed by atoms with Gasteiger partial charge in [-0.15, -0.1) is 0 Å². The Bertz CT molecular complexity index is 1180. The minimum atomic E-state index is -0.953. The first-order valence-electron chi connectivity index (χ1n) is 10.2. The lowest BCUT2D eigenvalue weighted by atomic mass is 9.90. The van der Waals surface area contributed by atoms with Crippen molar-refractivity contribution >= 4 is 28.6 Å². The van der Waals surface area contributed by atoms with Crippen LogP contribution in [-0.2, 0) is 4.79 Å². The Morgan fingerprint density at radius 2 is 1.81 bits per heavy atom. The molecule has 0 saturated carbocycles. The van der Waals surface area contributed by atoms with Gasteiger partial charge in [0.1, 0.15) is 5.54 Å². The molecular formula is C24H26N4O2S. The zero-order valence-corrected chi connectivity index (χ0v) is 18.9. The van der Waals surface area contributed by atoms with Gasteiger partial charge in [-0.05, 0) is 37.5 Å². The van der Waals surface area contributed by atoms with Crippen LogP contribution in [0.5, 0.6) is 0 Å². The number of nitrogens with one attached hydrogen (secondary N) is 1. The number of amides is 1. The molecule has 3 rings (SSSR count). The van der Waals surface area contributed by atoms with Crippen LogP contribution in [-0.4, -0.2) is 26.8 Å². The number of hydrogen-bond donors (Lipinski definition) is 1. The topological polar surface area (TPSA) is 87.8 Å². The molecule has 2 aromatic carbocycles. The molecular weight excluding hydrogens is 408 g/mol. The van der Waals surface area contributed by atoms with E-state index in [1.54, 1.807) is 23.6 Å². The number of hydrogen-bond acceptors (Lipinski definition) is 5. The zero-order valence-electron chi connectivity index (χ0n) is 18.1. The summed E-state index contributed by atoms with van der Waals surface area (Å²) < 4.78 is 1.64. The second-order valence-electron chi connectivity index (χ2n) is 7.98. The van der Waals surface area contributed by atoms with E-state index in [1.807, 2.05) is 63.2 Å². The van der Waals surface area contributed by atoms with E-state index in [-0.39, 0.29) is 29.2 Å². The second-order valence-corrected chi connectivity index (χ2v) is 8.92. The normalized spacial score (nSPS) is 14.1. The van der Waals surface area contributed by atoms with Crippen molar-refractivity contribution in [3.05, 3.63) is 70.5 Å². The van der Waals surface area contributed by atoms with Crippen LogP contribution in [0.4, 0.5) is 0 Å². The monoisotopic (exact) mass is 434 g/mol. The predicted molar refractivity (Wildman–Crippen MR) is 124 cm³/mol. The molecule has 31 heavy (non-hydrogen) atoms. The third-order valence-corrected chi connectivity index (χ3v) is 6.52. The molecule has 0 aliphatic heterocycles. The SMILES string of the molecule is CC(C)[C@](C)(C#N)NC(=O)CSc1nc2ccccc2c(=O)n1[C@@H](C)c1ccccc1. The first kappa shape index (κ1) is 22.6. The summed E-state index contributed by atoms with van der Waals surface area (Å²) in [5.41, 5.74) is 0.473. The van der Waals surface area contributed by atoms with Crippen molar-refractivity contribution in [2.75, 3.05) is 5.75 Å². The van der Waals surface area contributed by atoms with Gasteiger partial charge in [0, 0.05) is 0 Å². The van der Waals surface area contributed by atoms with Gasteiger partial charge in [0.15, 0.2) is 5.16 Å². The van der Waals surface area contributed by atoms with E-state index >= 15 is 0 Å². The fourth-order valence-corrected chi connectivity index (χ4v) is 4.08. The molecule has 1 heterocycles. The summed E-state index contributed by atoms with van der Waals surface area (Å²) in [5.74, 6) is -0.262. The molecule has 1 N–H and O–H groups in total. The van der Waals surface area contributed by atoms with Crippen molar-refractivity contribution < 1.29 is 4.79 Å². The van der Waals surface area contributed by atoms with Crippen molar-refractivity contribution in [2.24, 2.45) is 5.92 Å². The summed E-state index contributed by atoms with van der Waals surface area (Å²) in [6.45, 7) is 7.44. The summed E-state index contributed by atoms with van der Waals surface area (Å²) >= 11 is 1.20. The number of nitrogens with zero attached hydrogens (tertiary/aromatic N) is 3. The van der Waals surface area contributed by atoms with E-state index in [0.717, 1.165) is 5.56 Å². The maximum Gasteiger partial charge on any atom is 0.262 e. The van der Waals surface area contributed by atoms with Crippen LogP contribution in [0.25, 0.3) is 10.9 Å². The molecule has 2 atom stereocenters. The van der Waals surface area contributed by atoms with Gasteiger partial charge in [-0.2, -0.15) is 5.26 Å². The summed E-state index contributed by atoms with van der Waals surface area (Å²) in [7, 11) is 0. The minimum absolute atomic E-state index is 0.0403. The quantitative estimate of drug-likeness (QED) is 0.446. The Morgan fingerprint density at radius 1 is 1.16 bits per heavy atom. The van der Waals surface area contributed by atoms with Crippen LogP contribution in [0, 0.1) is 17.2 Å². The van der Waals surface area contributed by atoms with Gasteiger partial charge in [0.05, 0.1) is 28.8 Å². The van der Waals surface area contributed by atoms with Crippen LogP contribution < -0.4 is 10.9 Å². The summed E-state index contributed by atoms with van der Waals surface area (Å²) in [5, 5.41) is 13.3. The van der Waals surface area contributed by atoms with Crippen molar-refractivity contribution in [2.45, 2.75) is 44.4 Å². The molecule has 0 bridgehead atoms. The number of benzene rings is 2. The molecule has 0 fully saturated rings. The van der Waals surface area contributed by atoms with Gasteiger partial charge in [0.2, 0.25) is 5.91 Å². The van der Waals surface area contributed by atoms with Crippen molar-refractivity contribution in [3.8, 4) is 6.07 Å². The number of nitriles is 1. The second kappa shape index (κ2) is 9.36. The zero-order chi connectivity index (χ0) is 22.6. The van der Waals surface area contributed by atoms with E-state index < -0.39 is 5.54 Å². The lowest BCUT2D eigenvalue weighted by Gasteiger charge is -2.27. The predicted octanol–water partition coefficient (Wildman–Crippen LogP) is 4.15. The van der Waals surface area contributed by atoms with Gasteiger partial charge >= 0.3 is 0 Å². The molecule has 0 saturated heterocycles. The number of carbonyl (C=O) groups excluding carboxylic acids is 1. The van der Waals surface area contributed by atoms with Crippen molar-refractivity contribution in [1.29, 1.82) is 5.26 Å². The van der Waals surface area contributed by atoms with Gasteiger partial charge < -0.3 is 5.32 Å². The molecule has 1 aromatic heterocycles. The minimum Gasteiger partial charge on any atom is -0.337 e. The number of aromatic nitrogens is 2. The summed E-state index contributed by atoms with van der Waals surface area (Å²) in [6, 6.07) is 18.9. The van der Waals surface area contributed by atoms with E-state index in [9.17, 15) is 14.9 Å². The molecule has 0 spiro atoms. The molecule has 1 amide bonds. The fraction of sp³-hybridized carbons (Fsp3) is 0.333. The van der Waals surface area contributed by atoms with E-state index in [2.05, 4.69) is 16.4 Å². The summed E-state index contributed by atoms with van der Waals surface area (Å²) in [6.07, 6.45) is 0. The molecule has 0 aliphatic carbocycles. The highest BCUT2D eigenvalue weighted by atomic mass is 32.2.